The van der Waals surface area contributed by atoms with Crippen LogP contribution in [0.3, 0.4) is 0 Å². The number of anilines is 1. The van der Waals surface area contributed by atoms with E-state index < -0.39 is 11.9 Å². The van der Waals surface area contributed by atoms with Crippen LogP contribution in [0.5, 0.6) is 0 Å². The zero-order chi connectivity index (χ0) is 20.7. The number of halogens is 3. The van der Waals surface area contributed by atoms with Crippen molar-refractivity contribution in [3.8, 4) is 11.5 Å². The number of hydrogen-bond donors (Lipinski definition) is 1. The maximum Gasteiger partial charge on any atom is 0.434 e. The normalized spacial score (nSPS) is 17.6. The van der Waals surface area contributed by atoms with E-state index in [1.54, 1.807) is 24.7 Å². The number of rotatable bonds is 3. The summed E-state index contributed by atoms with van der Waals surface area (Å²) in [6.45, 7) is 1.69. The van der Waals surface area contributed by atoms with Crippen molar-refractivity contribution in [1.29, 1.82) is 0 Å². The Labute approximate surface area is 167 Å². The molecule has 1 N–H and O–H groups in total. The van der Waals surface area contributed by atoms with E-state index >= 15 is 0 Å². The summed E-state index contributed by atoms with van der Waals surface area (Å²) in [6.07, 6.45) is 3.76. The van der Waals surface area contributed by atoms with Gasteiger partial charge in [0, 0.05) is 37.2 Å². The summed E-state index contributed by atoms with van der Waals surface area (Å²) in [6, 6.07) is 1.76. The molecule has 4 aromatic rings. The smallest absolute Gasteiger partial charge is 0.370 e. The van der Waals surface area contributed by atoms with Crippen LogP contribution < -0.4 is 4.90 Å². The average Bonchev–Trinajstić information content (AvgIpc) is 3.43. The molecule has 1 aliphatic heterocycles. The van der Waals surface area contributed by atoms with E-state index in [-0.39, 0.29) is 17.6 Å². The monoisotopic (exact) mass is 416 g/mol. The van der Waals surface area contributed by atoms with Crippen molar-refractivity contribution in [1.82, 2.24) is 34.5 Å². The lowest BCUT2D eigenvalue weighted by Crippen LogP contribution is -2.38. The van der Waals surface area contributed by atoms with Gasteiger partial charge in [0.25, 0.3) is 0 Å². The number of hydrogen-bond acceptors (Lipinski definition) is 7. The Balaban J connectivity index is 1.48. The van der Waals surface area contributed by atoms with E-state index in [4.69, 9.17) is 4.74 Å². The number of H-pyrrole nitrogens is 1. The molecule has 1 unspecified atom stereocenters. The fourth-order valence-corrected chi connectivity index (χ4v) is 3.35. The maximum atomic E-state index is 13.1. The summed E-state index contributed by atoms with van der Waals surface area (Å²) < 4.78 is 46.3. The van der Waals surface area contributed by atoms with Crippen molar-refractivity contribution >= 4 is 11.5 Å². The molecule has 5 heterocycles. The summed E-state index contributed by atoms with van der Waals surface area (Å²) in [5.74, 6) is 0.919. The van der Waals surface area contributed by atoms with Crippen LogP contribution in [0, 0.1) is 0 Å². The third-order valence-corrected chi connectivity index (χ3v) is 4.84. The first-order chi connectivity index (χ1) is 14.5. The molecule has 0 radical (unpaired) electrons. The molecule has 1 atom stereocenters. The Morgan fingerprint density at radius 3 is 2.83 bits per heavy atom. The molecule has 9 nitrogen and oxygen atoms in total. The fraction of sp³-hybridized carbons (Fsp3) is 0.278. The topological polar surface area (TPSA) is 97.1 Å². The molecule has 154 valence electrons. The van der Waals surface area contributed by atoms with Crippen LogP contribution in [0.4, 0.5) is 19.0 Å². The van der Waals surface area contributed by atoms with Crippen molar-refractivity contribution in [3.63, 3.8) is 0 Å². The molecule has 1 saturated heterocycles. The summed E-state index contributed by atoms with van der Waals surface area (Å²) >= 11 is 0. The van der Waals surface area contributed by atoms with Crippen LogP contribution in [0.25, 0.3) is 17.2 Å². The molecular formula is C18H15F3N8O. The standard InChI is InChI=1S/C18H15F3N8O/c19-18(20,21)14-10-29-12(7-24-16(29)8-23-14)17-22-2-1-15(27-17)28-3-4-30-13(9-28)11-5-25-26-6-11/h1-2,5-8,10,13H,3-4,9H2,(H,25,26). The highest BCUT2D eigenvalue weighted by atomic mass is 19.4. The third-order valence-electron chi connectivity index (χ3n) is 4.84. The Morgan fingerprint density at radius 2 is 2.03 bits per heavy atom. The zero-order valence-corrected chi connectivity index (χ0v) is 15.4. The van der Waals surface area contributed by atoms with Gasteiger partial charge >= 0.3 is 6.18 Å². The Morgan fingerprint density at radius 1 is 1.13 bits per heavy atom. The second-order valence-corrected chi connectivity index (χ2v) is 6.72. The molecule has 1 fully saturated rings. The molecule has 4 aromatic heterocycles. The minimum Gasteiger partial charge on any atom is -0.370 e. The van der Waals surface area contributed by atoms with Gasteiger partial charge in [-0.15, -0.1) is 0 Å². The van der Waals surface area contributed by atoms with Crippen LogP contribution in [0.1, 0.15) is 17.4 Å². The molecular weight excluding hydrogens is 401 g/mol. The molecule has 0 amide bonds. The van der Waals surface area contributed by atoms with Gasteiger partial charge in [-0.2, -0.15) is 18.3 Å². The molecule has 0 aromatic carbocycles. The first kappa shape index (κ1) is 18.5. The second-order valence-electron chi connectivity index (χ2n) is 6.72. The van der Waals surface area contributed by atoms with Gasteiger partial charge in [-0.3, -0.25) is 9.50 Å². The molecule has 12 heteroatoms. The Bertz CT molecular complexity index is 1170. The van der Waals surface area contributed by atoms with E-state index in [1.165, 1.54) is 10.6 Å². The van der Waals surface area contributed by atoms with Gasteiger partial charge in [-0.1, -0.05) is 0 Å². The number of fused-ring (bicyclic) bond motifs is 1. The fourth-order valence-electron chi connectivity index (χ4n) is 3.35. The van der Waals surface area contributed by atoms with E-state index in [0.717, 1.165) is 18.0 Å². The van der Waals surface area contributed by atoms with Gasteiger partial charge in [0.05, 0.1) is 25.2 Å². The van der Waals surface area contributed by atoms with Crippen LogP contribution in [0.2, 0.25) is 0 Å². The van der Waals surface area contributed by atoms with Gasteiger partial charge < -0.3 is 9.64 Å². The lowest BCUT2D eigenvalue weighted by molar-refractivity contribution is -0.141. The quantitative estimate of drug-likeness (QED) is 0.548. The lowest BCUT2D eigenvalue weighted by atomic mass is 10.1. The van der Waals surface area contributed by atoms with Gasteiger partial charge in [0.15, 0.2) is 17.2 Å². The first-order valence-electron chi connectivity index (χ1n) is 9.08. The van der Waals surface area contributed by atoms with Crippen molar-refractivity contribution in [2.24, 2.45) is 0 Å². The molecule has 30 heavy (non-hydrogen) atoms. The summed E-state index contributed by atoms with van der Waals surface area (Å²) in [5.41, 5.74) is 0.544. The Kier molecular flexibility index (Phi) is 4.35. The molecule has 0 saturated carbocycles. The number of alkyl halides is 3. The highest BCUT2D eigenvalue weighted by Crippen LogP contribution is 2.29. The lowest BCUT2D eigenvalue weighted by Gasteiger charge is -2.33. The van der Waals surface area contributed by atoms with E-state index in [9.17, 15) is 13.2 Å². The van der Waals surface area contributed by atoms with Crippen molar-refractivity contribution in [2.75, 3.05) is 24.6 Å². The molecule has 5 rings (SSSR count). The van der Waals surface area contributed by atoms with Crippen molar-refractivity contribution < 1.29 is 17.9 Å². The van der Waals surface area contributed by atoms with E-state index in [2.05, 4.69) is 30.1 Å². The second kappa shape index (κ2) is 7.06. The van der Waals surface area contributed by atoms with Crippen LogP contribution in [-0.4, -0.2) is 54.2 Å². The minimum atomic E-state index is -4.56. The first-order valence-corrected chi connectivity index (χ1v) is 9.08. The van der Waals surface area contributed by atoms with Crippen LogP contribution in [-0.2, 0) is 10.9 Å². The number of morpholine rings is 1. The SMILES string of the molecule is FC(F)(F)c1cn2c(-c3nccc(N4CCOC(c5cn[nH]c5)C4)n3)cnc2cn1. The molecule has 0 bridgehead atoms. The van der Waals surface area contributed by atoms with Gasteiger partial charge in [-0.05, 0) is 6.07 Å². The largest absolute Gasteiger partial charge is 0.434 e. The molecule has 0 aliphatic carbocycles. The average molecular weight is 416 g/mol. The number of aromatic nitrogens is 7. The number of ether oxygens (including phenoxy) is 1. The number of nitrogens with zero attached hydrogens (tertiary/aromatic N) is 7. The minimum absolute atomic E-state index is 0.160. The Hall–Kier alpha value is -3.54. The van der Waals surface area contributed by atoms with E-state index in [0.29, 0.717) is 31.2 Å². The van der Waals surface area contributed by atoms with Crippen LogP contribution in [0.15, 0.2) is 43.2 Å². The van der Waals surface area contributed by atoms with Crippen molar-refractivity contribution in [2.45, 2.75) is 12.3 Å². The summed E-state index contributed by atoms with van der Waals surface area (Å²) in [7, 11) is 0. The number of aromatic amines is 1. The van der Waals surface area contributed by atoms with E-state index in [1.807, 2.05) is 4.90 Å². The summed E-state index contributed by atoms with van der Waals surface area (Å²) in [5, 5.41) is 6.72. The number of imidazole rings is 1. The summed E-state index contributed by atoms with van der Waals surface area (Å²) in [4.78, 5) is 18.4. The highest BCUT2D eigenvalue weighted by molar-refractivity contribution is 5.58. The highest BCUT2D eigenvalue weighted by Gasteiger charge is 2.33. The predicted molar refractivity (Wildman–Crippen MR) is 98.5 cm³/mol. The third kappa shape index (κ3) is 3.34. The van der Waals surface area contributed by atoms with Gasteiger partial charge in [-0.25, -0.2) is 19.9 Å². The maximum absolute atomic E-state index is 13.1. The number of nitrogens with one attached hydrogen (secondary N) is 1. The zero-order valence-electron chi connectivity index (χ0n) is 15.4. The van der Waals surface area contributed by atoms with Gasteiger partial charge in [0.2, 0.25) is 0 Å². The van der Waals surface area contributed by atoms with Gasteiger partial charge in [0.1, 0.15) is 17.6 Å². The predicted octanol–water partition coefficient (Wildman–Crippen LogP) is 2.51. The molecule has 1 aliphatic rings. The van der Waals surface area contributed by atoms with Crippen molar-refractivity contribution in [3.05, 3.63) is 54.5 Å². The van der Waals surface area contributed by atoms with Crippen LogP contribution >= 0.6 is 0 Å². The molecule has 0 spiro atoms.